The summed E-state index contributed by atoms with van der Waals surface area (Å²) in [5.41, 5.74) is 8.66. The van der Waals surface area contributed by atoms with Gasteiger partial charge in [0.1, 0.15) is 0 Å². The van der Waals surface area contributed by atoms with Gasteiger partial charge in [0.25, 0.3) is 0 Å². The lowest BCUT2D eigenvalue weighted by Gasteiger charge is -2.05. The number of benzene rings is 1. The van der Waals surface area contributed by atoms with Crippen molar-refractivity contribution in [1.29, 1.82) is 0 Å². The fourth-order valence-electron chi connectivity index (χ4n) is 2.00. The van der Waals surface area contributed by atoms with Crippen molar-refractivity contribution in [2.45, 2.75) is 6.54 Å². The second-order valence-corrected chi connectivity index (χ2v) is 3.73. The van der Waals surface area contributed by atoms with Gasteiger partial charge >= 0.3 is 0 Å². The van der Waals surface area contributed by atoms with Crippen molar-refractivity contribution in [3.8, 4) is 0 Å². The van der Waals surface area contributed by atoms with E-state index < -0.39 is 0 Å². The molecule has 4 nitrogen and oxygen atoms in total. The fourth-order valence-corrected chi connectivity index (χ4v) is 2.00. The van der Waals surface area contributed by atoms with Gasteiger partial charge in [-0.25, -0.2) is 4.98 Å². The molecule has 0 aliphatic carbocycles. The summed E-state index contributed by atoms with van der Waals surface area (Å²) in [4.78, 5) is 6.71. The second kappa shape index (κ2) is 2.41. The lowest BCUT2D eigenvalue weighted by Crippen LogP contribution is -2.13. The number of fused-ring (bicyclic) bond motifs is 3. The minimum Gasteiger partial charge on any atom is -0.399 e. The molecule has 0 saturated carbocycles. The Kier molecular flexibility index (Phi) is 1.32. The van der Waals surface area contributed by atoms with E-state index in [0.29, 0.717) is 0 Å². The van der Waals surface area contributed by atoms with E-state index in [9.17, 15) is 0 Å². The SMILES string of the molecule is CN1CCn2c1nc1cc(N)ccc12. The fraction of sp³-hybridized carbons (Fsp3) is 0.300. The number of imidazole rings is 1. The highest BCUT2D eigenvalue weighted by atomic mass is 15.3. The molecule has 1 aliphatic rings. The van der Waals surface area contributed by atoms with Gasteiger partial charge in [-0.1, -0.05) is 0 Å². The van der Waals surface area contributed by atoms with Crippen LogP contribution in [0.3, 0.4) is 0 Å². The zero-order chi connectivity index (χ0) is 9.71. The summed E-state index contributed by atoms with van der Waals surface area (Å²) in [6.45, 7) is 2.06. The molecule has 4 heteroatoms. The molecular formula is C10H12N4. The summed E-state index contributed by atoms with van der Waals surface area (Å²) in [7, 11) is 2.06. The van der Waals surface area contributed by atoms with Crippen LogP contribution in [-0.4, -0.2) is 23.1 Å². The van der Waals surface area contributed by atoms with Crippen molar-refractivity contribution in [2.75, 3.05) is 24.2 Å². The summed E-state index contributed by atoms with van der Waals surface area (Å²) < 4.78 is 2.23. The molecule has 2 heterocycles. The van der Waals surface area contributed by atoms with Crippen LogP contribution in [0.2, 0.25) is 0 Å². The van der Waals surface area contributed by atoms with Crippen molar-refractivity contribution in [1.82, 2.24) is 9.55 Å². The molecular weight excluding hydrogens is 176 g/mol. The minimum absolute atomic E-state index is 0.775. The minimum atomic E-state index is 0.775. The molecule has 1 aromatic carbocycles. The van der Waals surface area contributed by atoms with Gasteiger partial charge in [-0.05, 0) is 18.2 Å². The third-order valence-corrected chi connectivity index (χ3v) is 2.75. The molecule has 0 unspecified atom stereocenters. The number of hydrogen-bond donors (Lipinski definition) is 1. The first-order valence-electron chi connectivity index (χ1n) is 4.72. The predicted octanol–water partition coefficient (Wildman–Crippen LogP) is 1.07. The van der Waals surface area contributed by atoms with E-state index in [-0.39, 0.29) is 0 Å². The molecule has 2 N–H and O–H groups in total. The van der Waals surface area contributed by atoms with Crippen molar-refractivity contribution >= 4 is 22.7 Å². The van der Waals surface area contributed by atoms with Gasteiger partial charge < -0.3 is 15.2 Å². The molecule has 1 aromatic heterocycles. The number of anilines is 2. The van der Waals surface area contributed by atoms with Crippen LogP contribution in [0.25, 0.3) is 11.0 Å². The highest BCUT2D eigenvalue weighted by Gasteiger charge is 2.19. The van der Waals surface area contributed by atoms with Gasteiger partial charge in [0, 0.05) is 25.8 Å². The molecule has 2 aromatic rings. The first-order valence-corrected chi connectivity index (χ1v) is 4.72. The first-order chi connectivity index (χ1) is 6.75. The topological polar surface area (TPSA) is 47.1 Å². The normalized spacial score (nSPS) is 15.1. The second-order valence-electron chi connectivity index (χ2n) is 3.73. The Morgan fingerprint density at radius 1 is 1.36 bits per heavy atom. The quantitative estimate of drug-likeness (QED) is 0.629. The zero-order valence-corrected chi connectivity index (χ0v) is 8.07. The lowest BCUT2D eigenvalue weighted by molar-refractivity contribution is 0.818. The molecule has 0 radical (unpaired) electrons. The van der Waals surface area contributed by atoms with Crippen LogP contribution in [0.15, 0.2) is 18.2 Å². The highest BCUT2D eigenvalue weighted by Crippen LogP contribution is 2.26. The maximum absolute atomic E-state index is 5.71. The number of hydrogen-bond acceptors (Lipinski definition) is 3. The van der Waals surface area contributed by atoms with E-state index in [2.05, 4.69) is 21.5 Å². The Morgan fingerprint density at radius 2 is 2.21 bits per heavy atom. The Labute approximate surface area is 81.9 Å². The molecule has 0 amide bonds. The Morgan fingerprint density at radius 3 is 3.07 bits per heavy atom. The van der Waals surface area contributed by atoms with Crippen molar-refractivity contribution in [2.24, 2.45) is 0 Å². The van der Waals surface area contributed by atoms with Crippen molar-refractivity contribution in [3.05, 3.63) is 18.2 Å². The lowest BCUT2D eigenvalue weighted by atomic mass is 10.3. The van der Waals surface area contributed by atoms with Crippen LogP contribution in [-0.2, 0) is 6.54 Å². The average molecular weight is 188 g/mol. The summed E-state index contributed by atoms with van der Waals surface area (Å²) in [6.07, 6.45) is 0. The van der Waals surface area contributed by atoms with E-state index >= 15 is 0 Å². The van der Waals surface area contributed by atoms with Crippen LogP contribution in [0.4, 0.5) is 11.6 Å². The van der Waals surface area contributed by atoms with Crippen molar-refractivity contribution < 1.29 is 0 Å². The van der Waals surface area contributed by atoms with E-state index in [1.807, 2.05) is 18.2 Å². The smallest absolute Gasteiger partial charge is 0.206 e. The van der Waals surface area contributed by atoms with Gasteiger partial charge in [-0.3, -0.25) is 0 Å². The van der Waals surface area contributed by atoms with Crippen molar-refractivity contribution in [3.63, 3.8) is 0 Å². The van der Waals surface area contributed by atoms with Gasteiger partial charge in [-0.15, -0.1) is 0 Å². The third kappa shape index (κ3) is 0.852. The number of likely N-dealkylation sites (N-methyl/N-ethyl adjacent to an activating group) is 1. The maximum Gasteiger partial charge on any atom is 0.206 e. The van der Waals surface area contributed by atoms with E-state index in [1.54, 1.807) is 0 Å². The van der Waals surface area contributed by atoms with Crippen LogP contribution < -0.4 is 10.6 Å². The summed E-state index contributed by atoms with van der Waals surface area (Å²) >= 11 is 0. The molecule has 0 bridgehead atoms. The van der Waals surface area contributed by atoms with Crippen LogP contribution in [0.1, 0.15) is 0 Å². The first kappa shape index (κ1) is 7.67. The zero-order valence-electron chi connectivity index (χ0n) is 8.07. The number of aromatic nitrogens is 2. The Bertz CT molecular complexity index is 500. The van der Waals surface area contributed by atoms with E-state index in [1.165, 1.54) is 5.52 Å². The van der Waals surface area contributed by atoms with Gasteiger partial charge in [-0.2, -0.15) is 0 Å². The molecule has 1 aliphatic heterocycles. The monoisotopic (exact) mass is 188 g/mol. The number of rotatable bonds is 0. The third-order valence-electron chi connectivity index (χ3n) is 2.75. The molecule has 14 heavy (non-hydrogen) atoms. The van der Waals surface area contributed by atoms with Gasteiger partial charge in [0.15, 0.2) is 0 Å². The summed E-state index contributed by atoms with van der Waals surface area (Å²) in [5.74, 6) is 1.05. The molecule has 0 spiro atoms. The summed E-state index contributed by atoms with van der Waals surface area (Å²) in [6, 6.07) is 5.89. The van der Waals surface area contributed by atoms with Gasteiger partial charge in [0.2, 0.25) is 5.95 Å². The largest absolute Gasteiger partial charge is 0.399 e. The van der Waals surface area contributed by atoms with E-state index in [0.717, 1.165) is 30.2 Å². The van der Waals surface area contributed by atoms with Crippen LogP contribution in [0, 0.1) is 0 Å². The molecule has 0 saturated heterocycles. The number of nitrogens with two attached hydrogens (primary N) is 1. The number of nitrogen functional groups attached to an aromatic ring is 1. The molecule has 0 atom stereocenters. The summed E-state index contributed by atoms with van der Waals surface area (Å²) in [5, 5.41) is 0. The average Bonchev–Trinajstić information content (AvgIpc) is 2.66. The molecule has 72 valence electrons. The van der Waals surface area contributed by atoms with Crippen LogP contribution in [0.5, 0.6) is 0 Å². The predicted molar refractivity (Wildman–Crippen MR) is 57.4 cm³/mol. The Hall–Kier alpha value is -1.71. The van der Waals surface area contributed by atoms with E-state index in [4.69, 9.17) is 5.73 Å². The highest BCUT2D eigenvalue weighted by molar-refractivity contribution is 5.82. The number of nitrogens with zero attached hydrogens (tertiary/aromatic N) is 3. The molecule has 3 rings (SSSR count). The Balaban J connectivity index is 2.34. The standard InChI is InChI=1S/C10H12N4/c1-13-4-5-14-9-3-2-7(11)6-8(9)12-10(13)14/h2-3,6H,4-5,11H2,1H3. The maximum atomic E-state index is 5.71. The van der Waals surface area contributed by atoms with Gasteiger partial charge in [0.05, 0.1) is 11.0 Å². The van der Waals surface area contributed by atoms with Crippen LogP contribution >= 0.6 is 0 Å². The molecule has 0 fully saturated rings.